The molecular formula is C21H16O3S. The topological polar surface area (TPSA) is 57.5 Å². The van der Waals surface area contributed by atoms with E-state index < -0.39 is 0 Å². The van der Waals surface area contributed by atoms with Gasteiger partial charge < -0.3 is 10.2 Å². The maximum Gasteiger partial charge on any atom is 0.172 e. The number of phenols is 2. The smallest absolute Gasteiger partial charge is 0.172 e. The molecule has 0 saturated carbocycles. The van der Waals surface area contributed by atoms with Crippen LogP contribution in [0.15, 0.2) is 64.4 Å². The maximum absolute atomic E-state index is 12.5. The molecule has 4 heteroatoms. The molecule has 0 aliphatic carbocycles. The van der Waals surface area contributed by atoms with E-state index in [1.54, 1.807) is 0 Å². The van der Waals surface area contributed by atoms with E-state index in [-0.39, 0.29) is 29.3 Å². The molecule has 0 radical (unpaired) electrons. The molecule has 0 aromatic heterocycles. The van der Waals surface area contributed by atoms with Crippen LogP contribution in [0.2, 0.25) is 0 Å². The fourth-order valence-corrected chi connectivity index (χ4v) is 4.24. The normalized spacial score (nSPS) is 13.1. The summed E-state index contributed by atoms with van der Waals surface area (Å²) in [5.41, 5.74) is 4.62. The van der Waals surface area contributed by atoms with Gasteiger partial charge in [-0.1, -0.05) is 53.7 Å². The maximum atomic E-state index is 12.5. The van der Waals surface area contributed by atoms with Crippen molar-refractivity contribution in [3.63, 3.8) is 0 Å². The second kappa shape index (κ2) is 5.97. The summed E-state index contributed by atoms with van der Waals surface area (Å²) < 4.78 is 0. The minimum absolute atomic E-state index is 0.0466. The van der Waals surface area contributed by atoms with Crippen LogP contribution in [0.25, 0.3) is 11.1 Å². The standard InChI is InChI=1S/C21H16O3S/c1-12-2-4-13(5-3-12)14-6-7-15-8-17(23)21-18(24)10-16(22)11-20(21)25-19(15)9-14/h2-7,9-11,22,24H,8H2,1H3. The Hall–Kier alpha value is -2.72. The Morgan fingerprint density at radius 2 is 1.60 bits per heavy atom. The number of benzene rings is 3. The van der Waals surface area contributed by atoms with E-state index in [4.69, 9.17) is 0 Å². The van der Waals surface area contributed by atoms with Gasteiger partial charge in [0.05, 0.1) is 5.56 Å². The first-order chi connectivity index (χ1) is 12.0. The van der Waals surface area contributed by atoms with Crippen molar-refractivity contribution >= 4 is 17.5 Å². The molecule has 3 aromatic carbocycles. The molecule has 2 N–H and O–H groups in total. The van der Waals surface area contributed by atoms with Crippen LogP contribution in [0.1, 0.15) is 21.5 Å². The number of rotatable bonds is 1. The molecule has 124 valence electrons. The van der Waals surface area contributed by atoms with Gasteiger partial charge in [-0.3, -0.25) is 4.79 Å². The molecule has 0 bridgehead atoms. The van der Waals surface area contributed by atoms with Gasteiger partial charge in [-0.15, -0.1) is 0 Å². The van der Waals surface area contributed by atoms with Crippen molar-refractivity contribution in [2.24, 2.45) is 0 Å². The molecule has 4 rings (SSSR count). The number of Topliss-reactive ketones (excluding diaryl/α,β-unsaturated/α-hetero) is 1. The van der Waals surface area contributed by atoms with Gasteiger partial charge in [0.2, 0.25) is 0 Å². The number of ketones is 1. The quantitative estimate of drug-likeness (QED) is 0.652. The van der Waals surface area contributed by atoms with Gasteiger partial charge in [0, 0.05) is 22.3 Å². The van der Waals surface area contributed by atoms with Crippen molar-refractivity contribution in [2.75, 3.05) is 0 Å². The summed E-state index contributed by atoms with van der Waals surface area (Å²) in [5.74, 6) is -0.351. The van der Waals surface area contributed by atoms with Crippen molar-refractivity contribution < 1.29 is 15.0 Å². The molecule has 0 fully saturated rings. The van der Waals surface area contributed by atoms with E-state index in [0.717, 1.165) is 21.6 Å². The largest absolute Gasteiger partial charge is 0.508 e. The van der Waals surface area contributed by atoms with Gasteiger partial charge in [0.1, 0.15) is 11.5 Å². The predicted octanol–water partition coefficient (Wildman–Crippen LogP) is 4.96. The average molecular weight is 348 g/mol. The number of hydrogen-bond acceptors (Lipinski definition) is 4. The number of fused-ring (bicyclic) bond motifs is 2. The van der Waals surface area contributed by atoms with Crippen LogP contribution < -0.4 is 0 Å². The highest BCUT2D eigenvalue weighted by Gasteiger charge is 2.24. The lowest BCUT2D eigenvalue weighted by Crippen LogP contribution is -2.03. The second-order valence-electron chi connectivity index (χ2n) is 6.23. The van der Waals surface area contributed by atoms with Crippen molar-refractivity contribution in [2.45, 2.75) is 23.1 Å². The van der Waals surface area contributed by atoms with Crippen LogP contribution in [0.4, 0.5) is 0 Å². The molecule has 3 nitrogen and oxygen atoms in total. The third-order valence-corrected chi connectivity index (χ3v) is 5.51. The molecular weight excluding hydrogens is 332 g/mol. The first-order valence-electron chi connectivity index (χ1n) is 7.98. The summed E-state index contributed by atoms with van der Waals surface area (Å²) in [5, 5.41) is 19.8. The Labute approximate surface area is 150 Å². The summed E-state index contributed by atoms with van der Waals surface area (Å²) in [6.07, 6.45) is 0.238. The van der Waals surface area contributed by atoms with E-state index in [1.165, 1.54) is 29.5 Å². The zero-order valence-electron chi connectivity index (χ0n) is 13.6. The molecule has 0 spiro atoms. The fraction of sp³-hybridized carbons (Fsp3) is 0.0952. The number of carbonyl (C=O) groups is 1. The van der Waals surface area contributed by atoms with Gasteiger partial charge in [-0.2, -0.15) is 0 Å². The van der Waals surface area contributed by atoms with Crippen molar-refractivity contribution in [3.05, 3.63) is 71.3 Å². The van der Waals surface area contributed by atoms with Gasteiger partial charge >= 0.3 is 0 Å². The Morgan fingerprint density at radius 3 is 2.36 bits per heavy atom. The van der Waals surface area contributed by atoms with E-state index in [0.29, 0.717) is 4.90 Å². The highest BCUT2D eigenvalue weighted by atomic mass is 32.2. The van der Waals surface area contributed by atoms with Gasteiger partial charge in [0.15, 0.2) is 5.78 Å². The Kier molecular flexibility index (Phi) is 3.77. The first-order valence-corrected chi connectivity index (χ1v) is 8.80. The zero-order valence-corrected chi connectivity index (χ0v) is 14.4. The van der Waals surface area contributed by atoms with Crippen LogP contribution in [0, 0.1) is 6.92 Å². The summed E-state index contributed by atoms with van der Waals surface area (Å²) >= 11 is 1.41. The number of hydrogen-bond donors (Lipinski definition) is 2. The first kappa shape index (κ1) is 15.8. The van der Waals surface area contributed by atoms with E-state index in [1.807, 2.05) is 12.1 Å². The molecule has 1 aliphatic heterocycles. The Balaban J connectivity index is 1.82. The lowest BCUT2D eigenvalue weighted by atomic mass is 9.99. The average Bonchev–Trinajstić information content (AvgIpc) is 2.70. The third kappa shape index (κ3) is 2.89. The summed E-state index contributed by atoms with van der Waals surface area (Å²) in [6.45, 7) is 2.05. The van der Waals surface area contributed by atoms with Crippen molar-refractivity contribution in [1.29, 1.82) is 0 Å². The van der Waals surface area contributed by atoms with Crippen LogP contribution in [0.3, 0.4) is 0 Å². The van der Waals surface area contributed by atoms with Crippen molar-refractivity contribution in [3.8, 4) is 22.6 Å². The summed E-state index contributed by atoms with van der Waals surface area (Å²) in [6, 6.07) is 17.1. The molecule has 0 unspecified atom stereocenters. The lowest BCUT2D eigenvalue weighted by Gasteiger charge is -2.09. The molecule has 0 saturated heterocycles. The van der Waals surface area contributed by atoms with Gasteiger partial charge in [-0.25, -0.2) is 0 Å². The summed E-state index contributed by atoms with van der Waals surface area (Å²) in [7, 11) is 0. The Bertz CT molecular complexity index is 991. The van der Waals surface area contributed by atoms with Crippen molar-refractivity contribution in [1.82, 2.24) is 0 Å². The predicted molar refractivity (Wildman–Crippen MR) is 98.5 cm³/mol. The van der Waals surface area contributed by atoms with Gasteiger partial charge in [-0.05, 0) is 35.7 Å². The number of carbonyl (C=O) groups excluding carboxylic acids is 1. The number of phenolic OH excluding ortho intramolecular Hbond substituents is 2. The van der Waals surface area contributed by atoms with Gasteiger partial charge in [0.25, 0.3) is 0 Å². The molecule has 25 heavy (non-hydrogen) atoms. The number of aromatic hydroxyl groups is 2. The van der Waals surface area contributed by atoms with Crippen LogP contribution in [0.5, 0.6) is 11.5 Å². The molecule has 0 atom stereocenters. The molecule has 1 heterocycles. The van der Waals surface area contributed by atoms with E-state index in [9.17, 15) is 15.0 Å². The lowest BCUT2D eigenvalue weighted by molar-refractivity contribution is 0.0987. The van der Waals surface area contributed by atoms with Crippen LogP contribution >= 0.6 is 11.8 Å². The molecule has 1 aliphatic rings. The minimum Gasteiger partial charge on any atom is -0.508 e. The minimum atomic E-state index is -0.168. The Morgan fingerprint density at radius 1 is 0.880 bits per heavy atom. The monoisotopic (exact) mass is 348 g/mol. The SMILES string of the molecule is Cc1ccc(-c2ccc3c(c2)Sc2cc(O)cc(O)c2C(=O)C3)cc1. The highest BCUT2D eigenvalue weighted by molar-refractivity contribution is 7.99. The number of aryl methyl sites for hydroxylation is 1. The zero-order chi connectivity index (χ0) is 17.6. The fourth-order valence-electron chi connectivity index (χ4n) is 3.05. The second-order valence-corrected chi connectivity index (χ2v) is 7.31. The van der Waals surface area contributed by atoms with E-state index >= 15 is 0 Å². The van der Waals surface area contributed by atoms with Crippen LogP contribution in [-0.2, 0) is 6.42 Å². The molecule has 0 amide bonds. The third-order valence-electron chi connectivity index (χ3n) is 4.37. The summed E-state index contributed by atoms with van der Waals surface area (Å²) in [4.78, 5) is 14.1. The van der Waals surface area contributed by atoms with Crippen LogP contribution in [-0.4, -0.2) is 16.0 Å². The highest BCUT2D eigenvalue weighted by Crippen LogP contribution is 2.43. The molecule has 3 aromatic rings. The van der Waals surface area contributed by atoms with E-state index in [2.05, 4.69) is 37.3 Å².